The number of hydrogen-bond acceptors (Lipinski definition) is 2. The van der Waals surface area contributed by atoms with Crippen molar-refractivity contribution >= 4 is 5.96 Å². The van der Waals surface area contributed by atoms with E-state index in [2.05, 4.69) is 15.6 Å². The maximum atomic E-state index is 8.19. The van der Waals surface area contributed by atoms with Crippen LogP contribution in [0.25, 0.3) is 0 Å². The van der Waals surface area contributed by atoms with Crippen LogP contribution in [-0.2, 0) is 0 Å². The van der Waals surface area contributed by atoms with Crippen LogP contribution in [0.2, 0.25) is 0 Å². The van der Waals surface area contributed by atoms with Gasteiger partial charge in [-0.25, -0.2) is 0 Å². The van der Waals surface area contributed by atoms with Gasteiger partial charge in [0, 0.05) is 15.0 Å². The first-order valence-corrected chi connectivity index (χ1v) is 4.21. The molecule has 0 amide bonds. The van der Waals surface area contributed by atoms with Gasteiger partial charge in [-0.05, 0) is 6.42 Å². The minimum Gasteiger partial charge on any atom is -0.356 e. The molecule has 0 fully saturated rings. The molecule has 0 bridgehead atoms. The number of rotatable bonds is 2. The molecule has 4 nitrogen and oxygen atoms in total. The maximum absolute atomic E-state index is 8.19. The van der Waals surface area contributed by atoms with Crippen LogP contribution < -0.4 is 10.6 Å². The van der Waals surface area contributed by atoms with Crippen LogP contribution in [0.4, 0.5) is 0 Å². The highest BCUT2D eigenvalue weighted by atomic mass is 15.2. The molecule has 0 saturated carbocycles. The summed E-state index contributed by atoms with van der Waals surface area (Å²) in [6.07, 6.45) is 2.80. The average Bonchev–Trinajstić information content (AvgIpc) is 2.15. The molecule has 0 spiro atoms. The Morgan fingerprint density at radius 3 is 2.50 bits per heavy atom. The summed E-state index contributed by atoms with van der Waals surface area (Å²) in [4.78, 5) is 3.79. The van der Waals surface area contributed by atoms with Crippen molar-refractivity contribution in [2.24, 2.45) is 4.99 Å². The monoisotopic (exact) mass is 172 g/mol. The quantitative estimate of drug-likeness (QED) is 0.286. The van der Waals surface area contributed by atoms with Crippen molar-refractivity contribution in [2.75, 3.05) is 13.6 Å². The predicted octanol–water partition coefficient (Wildman–Crippen LogP) is 1.31. The molecule has 0 rings (SSSR count). The Kier molecular flexibility index (Phi) is 13.8. The van der Waals surface area contributed by atoms with Gasteiger partial charge in [0.15, 0.2) is 6.19 Å². The van der Waals surface area contributed by atoms with Gasteiger partial charge in [0.05, 0.1) is 0 Å². The van der Waals surface area contributed by atoms with Crippen LogP contribution in [0, 0.1) is 11.5 Å². The topological polar surface area (TPSA) is 60.2 Å². The Morgan fingerprint density at radius 1 is 1.58 bits per heavy atom. The number of hydrogen-bond donors (Lipinski definition) is 2. The van der Waals surface area contributed by atoms with Crippen LogP contribution in [0.5, 0.6) is 0 Å². The number of nitriles is 1. The minimum absolute atomic E-state index is 0. The van der Waals surface area contributed by atoms with E-state index in [0.717, 1.165) is 13.0 Å². The highest BCUT2D eigenvalue weighted by Crippen LogP contribution is 1.70. The van der Waals surface area contributed by atoms with Gasteiger partial charge in [-0.1, -0.05) is 20.8 Å². The van der Waals surface area contributed by atoms with Gasteiger partial charge in [-0.2, -0.15) is 5.26 Å². The third-order valence-corrected chi connectivity index (χ3v) is 0.940. The zero-order valence-corrected chi connectivity index (χ0v) is 8.31. The molecule has 0 aliphatic heterocycles. The molecule has 0 radical (unpaired) electrons. The lowest BCUT2D eigenvalue weighted by Crippen LogP contribution is -2.34. The zero-order chi connectivity index (χ0) is 9.82. The van der Waals surface area contributed by atoms with Gasteiger partial charge in [0.25, 0.3) is 0 Å². The van der Waals surface area contributed by atoms with Gasteiger partial charge < -0.3 is 5.32 Å². The second-order valence-electron chi connectivity index (χ2n) is 1.74. The Hall–Kier alpha value is -1.24. The average molecular weight is 172 g/mol. The third-order valence-electron chi connectivity index (χ3n) is 0.940. The summed E-state index contributed by atoms with van der Waals surface area (Å²) in [5.41, 5.74) is 0. The Labute approximate surface area is 76.2 Å². The van der Waals surface area contributed by atoms with Crippen molar-refractivity contribution in [1.29, 1.82) is 5.26 Å². The lowest BCUT2D eigenvalue weighted by atomic mass is 10.5. The van der Waals surface area contributed by atoms with Gasteiger partial charge in [0.1, 0.15) is 0 Å². The molecular formula is C8H20N4. The smallest absolute Gasteiger partial charge is 0.204 e. The highest BCUT2D eigenvalue weighted by Gasteiger charge is 1.90. The fourth-order valence-corrected chi connectivity index (χ4v) is 0.476. The van der Waals surface area contributed by atoms with Crippen LogP contribution in [-0.4, -0.2) is 19.6 Å². The van der Waals surface area contributed by atoms with E-state index in [1.165, 1.54) is 0 Å². The van der Waals surface area contributed by atoms with E-state index >= 15 is 0 Å². The third kappa shape index (κ3) is 8.76. The molecule has 2 N–H and O–H groups in total. The summed E-state index contributed by atoms with van der Waals surface area (Å²) in [5, 5.41) is 13.5. The molecule has 72 valence electrons. The summed E-state index contributed by atoms with van der Waals surface area (Å²) >= 11 is 0. The Morgan fingerprint density at radius 2 is 2.17 bits per heavy atom. The van der Waals surface area contributed by atoms with Crippen molar-refractivity contribution in [3.8, 4) is 6.19 Å². The van der Waals surface area contributed by atoms with E-state index in [0.29, 0.717) is 5.96 Å². The molecular weight excluding hydrogens is 152 g/mol. The fraction of sp³-hybridized carbons (Fsp3) is 0.750. The Bertz CT molecular complexity index is 151. The first-order chi connectivity index (χ1) is 5.85. The first kappa shape index (κ1) is 13.4. The van der Waals surface area contributed by atoms with Gasteiger partial charge in [-0.3, -0.25) is 10.3 Å². The van der Waals surface area contributed by atoms with Crippen molar-refractivity contribution in [1.82, 2.24) is 10.6 Å². The van der Waals surface area contributed by atoms with Crippen molar-refractivity contribution < 1.29 is 1.43 Å². The van der Waals surface area contributed by atoms with Crippen molar-refractivity contribution in [2.45, 2.75) is 27.2 Å². The van der Waals surface area contributed by atoms with Gasteiger partial charge in [0.2, 0.25) is 5.96 Å². The van der Waals surface area contributed by atoms with Crippen LogP contribution >= 0.6 is 0 Å². The summed E-state index contributed by atoms with van der Waals surface area (Å²) in [6, 6.07) is 0. The lowest BCUT2D eigenvalue weighted by Gasteiger charge is -2.03. The maximum Gasteiger partial charge on any atom is 0.204 e. The molecule has 0 aromatic carbocycles. The summed E-state index contributed by atoms with van der Waals surface area (Å²) in [5.74, 6) is 0.532. The normalized spacial score (nSPS) is 9.08. The first-order valence-electron chi connectivity index (χ1n) is 4.21. The number of guanidine groups is 1. The predicted molar refractivity (Wildman–Crippen MR) is 53.9 cm³/mol. The molecule has 0 atom stereocenters. The molecule has 4 heteroatoms. The SMILES string of the molecule is CC.CCCNC(=NC)NC#N.[HH]. The van der Waals surface area contributed by atoms with E-state index in [9.17, 15) is 0 Å². The van der Waals surface area contributed by atoms with E-state index < -0.39 is 0 Å². The largest absolute Gasteiger partial charge is 0.356 e. The minimum atomic E-state index is 0. The van der Waals surface area contributed by atoms with Crippen molar-refractivity contribution in [3.05, 3.63) is 0 Å². The number of aliphatic imine (C=N–C) groups is 1. The van der Waals surface area contributed by atoms with Gasteiger partial charge in [-0.15, -0.1) is 0 Å². The van der Waals surface area contributed by atoms with E-state index in [1.54, 1.807) is 13.2 Å². The zero-order valence-electron chi connectivity index (χ0n) is 8.31. The summed E-state index contributed by atoms with van der Waals surface area (Å²) in [7, 11) is 1.63. The van der Waals surface area contributed by atoms with E-state index in [-0.39, 0.29) is 1.43 Å². The van der Waals surface area contributed by atoms with Crippen LogP contribution in [0.15, 0.2) is 4.99 Å². The molecule has 0 aliphatic rings. The molecule has 12 heavy (non-hydrogen) atoms. The second kappa shape index (κ2) is 12.4. The Balaban J connectivity index is -0.000000309. The molecule has 0 aromatic rings. The fourth-order valence-electron chi connectivity index (χ4n) is 0.476. The van der Waals surface area contributed by atoms with Crippen molar-refractivity contribution in [3.63, 3.8) is 0 Å². The molecule has 0 aliphatic carbocycles. The standard InChI is InChI=1S/C6H12N4.C2H6.H2/c1-3-4-9-6(8-2)10-5-7;1-2;/h3-4H2,1-2H3,(H2,8,9,10);1-2H3;1H. The lowest BCUT2D eigenvalue weighted by molar-refractivity contribution is 0.820. The molecule has 0 saturated heterocycles. The van der Waals surface area contributed by atoms with Crippen LogP contribution in [0.1, 0.15) is 28.6 Å². The molecule has 0 unspecified atom stereocenters. The number of nitrogens with one attached hydrogen (secondary N) is 2. The van der Waals surface area contributed by atoms with E-state index in [1.807, 2.05) is 20.8 Å². The summed E-state index contributed by atoms with van der Waals surface area (Å²) < 4.78 is 0. The molecule has 0 heterocycles. The van der Waals surface area contributed by atoms with E-state index in [4.69, 9.17) is 5.26 Å². The number of nitrogens with zero attached hydrogens (tertiary/aromatic N) is 2. The highest BCUT2D eigenvalue weighted by molar-refractivity contribution is 5.80. The molecule has 0 aromatic heterocycles. The van der Waals surface area contributed by atoms with Crippen LogP contribution in [0.3, 0.4) is 0 Å². The second-order valence-corrected chi connectivity index (χ2v) is 1.74. The van der Waals surface area contributed by atoms with Gasteiger partial charge >= 0.3 is 0 Å². The summed E-state index contributed by atoms with van der Waals surface area (Å²) in [6.45, 7) is 6.88.